The molecule has 3 rings (SSSR count). The predicted octanol–water partition coefficient (Wildman–Crippen LogP) is 3.43. The van der Waals surface area contributed by atoms with Crippen LogP contribution < -0.4 is 5.32 Å². The van der Waals surface area contributed by atoms with Crippen molar-refractivity contribution < 1.29 is 13.9 Å². The highest BCUT2D eigenvalue weighted by molar-refractivity contribution is 9.09. The van der Waals surface area contributed by atoms with E-state index in [2.05, 4.69) is 31.2 Å². The Morgan fingerprint density at radius 1 is 1.44 bits per heavy atom. The van der Waals surface area contributed by atoms with E-state index in [4.69, 9.17) is 16.3 Å². The first-order valence-corrected chi connectivity index (χ1v) is 9.80. The zero-order valence-electron chi connectivity index (χ0n) is 13.4. The molecule has 0 aromatic heterocycles. The number of rotatable bonds is 3. The fourth-order valence-corrected chi connectivity index (χ4v) is 3.40. The van der Waals surface area contributed by atoms with Crippen molar-refractivity contribution in [2.45, 2.75) is 0 Å². The molecule has 0 spiro atoms. The lowest BCUT2D eigenvalue weighted by Crippen LogP contribution is -2.35. The van der Waals surface area contributed by atoms with Crippen molar-refractivity contribution >= 4 is 56.1 Å². The number of nitrogens with one attached hydrogen (secondary N) is 1. The molecule has 1 aromatic carbocycles. The first kappa shape index (κ1) is 19.9. The molecule has 0 fully saturated rings. The molecule has 1 N–H and O–H groups in total. The highest BCUT2D eigenvalue weighted by Gasteiger charge is 2.24. The number of esters is 1. The van der Waals surface area contributed by atoms with E-state index in [-0.39, 0.29) is 16.8 Å². The van der Waals surface area contributed by atoms with Crippen LogP contribution >= 0.6 is 39.3 Å². The van der Waals surface area contributed by atoms with E-state index >= 15 is 0 Å². The molecule has 0 atom stereocenters. The number of carbonyl (C=O) groups excluding carboxylic acids is 1. The number of ether oxygens (including phenoxy) is 1. The van der Waals surface area contributed by atoms with Gasteiger partial charge in [0, 0.05) is 23.3 Å². The van der Waals surface area contributed by atoms with Gasteiger partial charge >= 0.3 is 5.97 Å². The smallest absolute Gasteiger partial charge is 0.337 e. The highest BCUT2D eigenvalue weighted by Crippen LogP contribution is 2.18. The summed E-state index contributed by atoms with van der Waals surface area (Å²) in [6, 6.07) is 6.12. The minimum absolute atomic E-state index is 0.174. The molecule has 0 bridgehead atoms. The maximum Gasteiger partial charge on any atom is 0.337 e. The number of halogens is 3. The van der Waals surface area contributed by atoms with Gasteiger partial charge in [0.25, 0.3) is 0 Å². The molecular formula is C16H16BrClFN3O2S. The highest BCUT2D eigenvalue weighted by atomic mass is 79.9. The van der Waals surface area contributed by atoms with Crippen LogP contribution in [0.3, 0.4) is 0 Å². The van der Waals surface area contributed by atoms with Gasteiger partial charge < -0.3 is 10.1 Å². The number of thioether (sulfide) groups is 1. The van der Waals surface area contributed by atoms with Gasteiger partial charge in [-0.15, -0.1) is 11.8 Å². The second-order valence-corrected chi connectivity index (χ2v) is 6.87. The second-order valence-electron chi connectivity index (χ2n) is 4.82. The molecule has 0 aliphatic carbocycles. The summed E-state index contributed by atoms with van der Waals surface area (Å²) in [5.41, 5.74) is 1.37. The fourth-order valence-electron chi connectivity index (χ4n) is 1.98. The molecule has 0 unspecified atom stereocenters. The Kier molecular flexibility index (Phi) is 7.92. The Morgan fingerprint density at radius 3 is 2.72 bits per heavy atom. The average molecular weight is 449 g/mol. The van der Waals surface area contributed by atoms with Crippen LogP contribution in [0, 0.1) is 5.82 Å². The first-order valence-electron chi connectivity index (χ1n) is 7.32. The number of hydrogen-bond acceptors (Lipinski definition) is 6. The van der Waals surface area contributed by atoms with Gasteiger partial charge in [-0.25, -0.2) is 9.18 Å². The summed E-state index contributed by atoms with van der Waals surface area (Å²) in [5.74, 6) is 1.05. The number of aliphatic imine (C=N–C) groups is 2. The van der Waals surface area contributed by atoms with Crippen molar-refractivity contribution in [3.63, 3.8) is 0 Å². The standard InChI is InChI=1S/C10H12BrN3O2S.C6H4ClF/c1-16-10(15)6-5-13-8(14-7(6)4-11)9-12-2-3-17-9;7-5-3-1-2-4-6(5)8/h2-5H2,1H3,(H,13,14);1-4H. The minimum Gasteiger partial charge on any atom is -0.466 e. The van der Waals surface area contributed by atoms with E-state index in [0.717, 1.165) is 28.9 Å². The van der Waals surface area contributed by atoms with Gasteiger partial charge in [0.15, 0.2) is 5.84 Å². The Balaban J connectivity index is 0.000000236. The van der Waals surface area contributed by atoms with Crippen LogP contribution in [0.5, 0.6) is 0 Å². The molecule has 2 aliphatic heterocycles. The predicted molar refractivity (Wildman–Crippen MR) is 104 cm³/mol. The van der Waals surface area contributed by atoms with E-state index in [1.165, 1.54) is 19.2 Å². The van der Waals surface area contributed by atoms with Crippen LogP contribution in [0.2, 0.25) is 5.02 Å². The zero-order chi connectivity index (χ0) is 18.2. The second kappa shape index (κ2) is 9.94. The molecule has 2 heterocycles. The third-order valence-corrected chi connectivity index (χ3v) is 5.06. The van der Waals surface area contributed by atoms with Gasteiger partial charge in [0.1, 0.15) is 10.9 Å². The van der Waals surface area contributed by atoms with E-state index in [9.17, 15) is 9.18 Å². The van der Waals surface area contributed by atoms with Gasteiger partial charge in [-0.05, 0) is 12.1 Å². The van der Waals surface area contributed by atoms with Gasteiger partial charge in [0.2, 0.25) is 0 Å². The van der Waals surface area contributed by atoms with Gasteiger partial charge in [-0.2, -0.15) is 0 Å². The van der Waals surface area contributed by atoms with Crippen molar-refractivity contribution in [2.75, 3.05) is 31.3 Å². The number of hydrogen-bond donors (Lipinski definition) is 1. The van der Waals surface area contributed by atoms with Crippen molar-refractivity contribution in [2.24, 2.45) is 9.98 Å². The van der Waals surface area contributed by atoms with Gasteiger partial charge in [-0.1, -0.05) is 39.7 Å². The van der Waals surface area contributed by atoms with Crippen LogP contribution in [0.1, 0.15) is 0 Å². The lowest BCUT2D eigenvalue weighted by atomic mass is 10.2. The number of methoxy groups -OCH3 is 1. The molecule has 0 saturated heterocycles. The lowest BCUT2D eigenvalue weighted by Gasteiger charge is -2.19. The van der Waals surface area contributed by atoms with E-state index in [0.29, 0.717) is 17.4 Å². The summed E-state index contributed by atoms with van der Waals surface area (Å²) in [6.07, 6.45) is 0. The third kappa shape index (κ3) is 5.55. The van der Waals surface area contributed by atoms with Crippen molar-refractivity contribution in [1.82, 2.24) is 5.32 Å². The quantitative estimate of drug-likeness (QED) is 0.568. The van der Waals surface area contributed by atoms with Crippen molar-refractivity contribution in [3.05, 3.63) is 46.4 Å². The van der Waals surface area contributed by atoms with E-state index in [1.54, 1.807) is 23.9 Å². The summed E-state index contributed by atoms with van der Waals surface area (Å²) in [6.45, 7) is 1.17. The molecule has 0 amide bonds. The van der Waals surface area contributed by atoms with Crippen LogP contribution in [0.15, 0.2) is 45.5 Å². The maximum absolute atomic E-state index is 12.2. The number of allylic oxidation sites excluding steroid dienone is 1. The molecule has 9 heteroatoms. The number of alkyl halides is 1. The summed E-state index contributed by atoms with van der Waals surface area (Å²) >= 11 is 10.4. The lowest BCUT2D eigenvalue weighted by molar-refractivity contribution is -0.136. The molecule has 0 radical (unpaired) electrons. The summed E-state index contributed by atoms with van der Waals surface area (Å²) in [7, 11) is 1.37. The Hall–Kier alpha value is -1.38. The number of amidine groups is 1. The first-order chi connectivity index (χ1) is 12.1. The number of nitrogens with zero attached hydrogens (tertiary/aromatic N) is 2. The normalized spacial score (nSPS) is 16.3. The SMILES string of the molecule is COC(=O)C1=C(CBr)NC(C2=NCCS2)=NC1.Fc1ccccc1Cl. The van der Waals surface area contributed by atoms with E-state index in [1.807, 2.05) is 0 Å². The Labute approximate surface area is 162 Å². The van der Waals surface area contributed by atoms with Crippen LogP contribution in [-0.2, 0) is 9.53 Å². The maximum atomic E-state index is 12.2. The minimum atomic E-state index is -0.367. The number of benzene rings is 1. The van der Waals surface area contributed by atoms with Crippen LogP contribution in [0.25, 0.3) is 0 Å². The topological polar surface area (TPSA) is 63.0 Å². The average Bonchev–Trinajstić information content (AvgIpc) is 3.18. The summed E-state index contributed by atoms with van der Waals surface area (Å²) < 4.78 is 16.9. The molecular weight excluding hydrogens is 433 g/mol. The van der Waals surface area contributed by atoms with Crippen LogP contribution in [0.4, 0.5) is 4.39 Å². The Morgan fingerprint density at radius 2 is 2.20 bits per heavy atom. The summed E-state index contributed by atoms with van der Waals surface area (Å²) in [4.78, 5) is 20.2. The molecule has 5 nitrogen and oxygen atoms in total. The molecule has 134 valence electrons. The number of carbonyl (C=O) groups is 1. The zero-order valence-corrected chi connectivity index (χ0v) is 16.5. The van der Waals surface area contributed by atoms with Crippen LogP contribution in [-0.4, -0.2) is 48.1 Å². The van der Waals surface area contributed by atoms with E-state index < -0.39 is 0 Å². The largest absolute Gasteiger partial charge is 0.466 e. The fraction of sp³-hybridized carbons (Fsp3) is 0.312. The summed E-state index contributed by atoms with van der Waals surface area (Å²) in [5, 5.41) is 4.80. The molecule has 25 heavy (non-hydrogen) atoms. The van der Waals surface area contributed by atoms with Gasteiger partial charge in [0.05, 0.1) is 24.3 Å². The molecule has 1 aromatic rings. The Bertz CT molecular complexity index is 719. The van der Waals surface area contributed by atoms with Gasteiger partial charge in [-0.3, -0.25) is 9.98 Å². The molecule has 2 aliphatic rings. The van der Waals surface area contributed by atoms with Crippen molar-refractivity contribution in [1.29, 1.82) is 0 Å². The van der Waals surface area contributed by atoms with Crippen molar-refractivity contribution in [3.8, 4) is 0 Å². The molecule has 0 saturated carbocycles. The third-order valence-electron chi connectivity index (χ3n) is 3.21. The monoisotopic (exact) mass is 447 g/mol.